The zero-order valence-electron chi connectivity index (χ0n) is 12.4. The van der Waals surface area contributed by atoms with E-state index in [0.29, 0.717) is 12.5 Å². The van der Waals surface area contributed by atoms with E-state index in [1.54, 1.807) is 0 Å². The first kappa shape index (κ1) is 14.9. The first-order valence-electron chi connectivity index (χ1n) is 7.41. The fraction of sp³-hybridized carbons (Fsp3) is 0.562. The highest BCUT2D eigenvalue weighted by Gasteiger charge is 2.14. The quantitative estimate of drug-likeness (QED) is 0.869. The lowest BCUT2D eigenvalue weighted by Gasteiger charge is -2.23. The number of nitrogens with one attached hydrogen (secondary N) is 2. The van der Waals surface area contributed by atoms with Crippen LogP contribution in [-0.2, 0) is 4.74 Å². The third kappa shape index (κ3) is 3.97. The van der Waals surface area contributed by atoms with Crippen LogP contribution in [0.4, 0.5) is 5.69 Å². The number of hydrogen-bond donors (Lipinski definition) is 2. The highest BCUT2D eigenvalue weighted by atomic mass is 16.5. The van der Waals surface area contributed by atoms with Crippen LogP contribution in [0.3, 0.4) is 0 Å². The Labute approximate surface area is 120 Å². The average molecular weight is 276 g/mol. The van der Waals surface area contributed by atoms with Gasteiger partial charge in [0.2, 0.25) is 0 Å². The van der Waals surface area contributed by atoms with Gasteiger partial charge in [0.1, 0.15) is 0 Å². The SMILES string of the molecule is CCNC(=O)c1ccc(NCC2CCOCC2)c(C)c1. The molecule has 0 bridgehead atoms. The van der Waals surface area contributed by atoms with Crippen LogP contribution < -0.4 is 10.6 Å². The third-order valence-corrected chi connectivity index (χ3v) is 3.75. The monoisotopic (exact) mass is 276 g/mol. The van der Waals surface area contributed by atoms with Crippen LogP contribution in [0.2, 0.25) is 0 Å². The molecule has 4 nitrogen and oxygen atoms in total. The Morgan fingerprint density at radius 3 is 2.75 bits per heavy atom. The molecule has 1 fully saturated rings. The van der Waals surface area contributed by atoms with Crippen LogP contribution in [-0.4, -0.2) is 32.2 Å². The molecule has 1 saturated heterocycles. The number of anilines is 1. The van der Waals surface area contributed by atoms with Gasteiger partial charge in [0.25, 0.3) is 5.91 Å². The minimum absolute atomic E-state index is 0.00780. The molecule has 2 N–H and O–H groups in total. The third-order valence-electron chi connectivity index (χ3n) is 3.75. The summed E-state index contributed by atoms with van der Waals surface area (Å²) in [6.07, 6.45) is 2.26. The number of amides is 1. The van der Waals surface area contributed by atoms with Crippen molar-refractivity contribution in [2.24, 2.45) is 5.92 Å². The average Bonchev–Trinajstić information content (AvgIpc) is 2.47. The van der Waals surface area contributed by atoms with Crippen LogP contribution in [0.1, 0.15) is 35.7 Å². The van der Waals surface area contributed by atoms with E-state index in [2.05, 4.69) is 10.6 Å². The Bertz CT molecular complexity index is 454. The zero-order valence-corrected chi connectivity index (χ0v) is 12.4. The van der Waals surface area contributed by atoms with Crippen molar-refractivity contribution >= 4 is 11.6 Å². The number of carbonyl (C=O) groups is 1. The molecular formula is C16H24N2O2. The molecule has 0 radical (unpaired) electrons. The van der Waals surface area contributed by atoms with Crippen LogP contribution in [0.5, 0.6) is 0 Å². The number of hydrogen-bond acceptors (Lipinski definition) is 3. The number of rotatable bonds is 5. The fourth-order valence-electron chi connectivity index (χ4n) is 2.47. The van der Waals surface area contributed by atoms with Gasteiger partial charge in [-0.2, -0.15) is 0 Å². The number of benzene rings is 1. The highest BCUT2D eigenvalue weighted by molar-refractivity contribution is 5.94. The van der Waals surface area contributed by atoms with Gasteiger partial charge in [0.15, 0.2) is 0 Å². The fourth-order valence-corrected chi connectivity index (χ4v) is 2.47. The molecule has 0 unspecified atom stereocenters. The maximum Gasteiger partial charge on any atom is 0.251 e. The van der Waals surface area contributed by atoms with Crippen molar-refractivity contribution in [1.82, 2.24) is 5.32 Å². The Morgan fingerprint density at radius 2 is 2.10 bits per heavy atom. The summed E-state index contributed by atoms with van der Waals surface area (Å²) in [5, 5.41) is 6.31. The summed E-state index contributed by atoms with van der Waals surface area (Å²) in [5.74, 6) is 0.679. The molecular weight excluding hydrogens is 252 g/mol. The van der Waals surface area contributed by atoms with E-state index in [-0.39, 0.29) is 5.91 Å². The normalized spacial score (nSPS) is 15.9. The first-order valence-corrected chi connectivity index (χ1v) is 7.41. The van der Waals surface area contributed by atoms with Gasteiger partial charge in [-0.1, -0.05) is 0 Å². The lowest BCUT2D eigenvalue weighted by Crippen LogP contribution is -2.24. The summed E-state index contributed by atoms with van der Waals surface area (Å²) in [4.78, 5) is 11.8. The van der Waals surface area contributed by atoms with Crippen molar-refractivity contribution in [3.63, 3.8) is 0 Å². The van der Waals surface area contributed by atoms with E-state index in [9.17, 15) is 4.79 Å². The van der Waals surface area contributed by atoms with Crippen molar-refractivity contribution < 1.29 is 9.53 Å². The van der Waals surface area contributed by atoms with E-state index >= 15 is 0 Å². The van der Waals surface area contributed by atoms with Crippen molar-refractivity contribution in [3.8, 4) is 0 Å². The summed E-state index contributed by atoms with van der Waals surface area (Å²) in [7, 11) is 0. The molecule has 0 spiro atoms. The first-order chi connectivity index (χ1) is 9.70. The van der Waals surface area contributed by atoms with E-state index in [1.165, 1.54) is 0 Å². The molecule has 0 atom stereocenters. The molecule has 1 heterocycles. The molecule has 1 aliphatic rings. The van der Waals surface area contributed by atoms with E-state index in [4.69, 9.17) is 4.74 Å². The summed E-state index contributed by atoms with van der Waals surface area (Å²) in [5.41, 5.74) is 2.95. The van der Waals surface area contributed by atoms with E-state index < -0.39 is 0 Å². The second-order valence-electron chi connectivity index (χ2n) is 5.33. The minimum Gasteiger partial charge on any atom is -0.385 e. The summed E-state index contributed by atoms with van der Waals surface area (Å²) in [6, 6.07) is 5.82. The maximum atomic E-state index is 11.8. The molecule has 0 saturated carbocycles. The standard InChI is InChI=1S/C16H24N2O2/c1-3-17-16(19)14-4-5-15(12(2)10-14)18-11-13-6-8-20-9-7-13/h4-5,10,13,18H,3,6-9,11H2,1-2H3,(H,17,19). The zero-order chi connectivity index (χ0) is 14.4. The predicted octanol–water partition coefficient (Wildman–Crippen LogP) is 2.58. The van der Waals surface area contributed by atoms with Gasteiger partial charge in [-0.05, 0) is 56.4 Å². The number of aryl methyl sites for hydroxylation is 1. The van der Waals surface area contributed by atoms with Gasteiger partial charge < -0.3 is 15.4 Å². The summed E-state index contributed by atoms with van der Waals surface area (Å²) >= 11 is 0. The van der Waals surface area contributed by atoms with E-state index in [1.807, 2.05) is 32.0 Å². The van der Waals surface area contributed by atoms with Crippen LogP contribution in [0, 0.1) is 12.8 Å². The summed E-state index contributed by atoms with van der Waals surface area (Å²) < 4.78 is 5.37. The highest BCUT2D eigenvalue weighted by Crippen LogP contribution is 2.20. The number of carbonyl (C=O) groups excluding carboxylic acids is 1. The van der Waals surface area contributed by atoms with E-state index in [0.717, 1.165) is 49.4 Å². The lowest BCUT2D eigenvalue weighted by atomic mass is 10.00. The minimum atomic E-state index is -0.00780. The Morgan fingerprint density at radius 1 is 1.35 bits per heavy atom. The second-order valence-corrected chi connectivity index (χ2v) is 5.33. The van der Waals surface area contributed by atoms with Crippen LogP contribution in [0.25, 0.3) is 0 Å². The van der Waals surface area contributed by atoms with Gasteiger partial charge in [0, 0.05) is 37.6 Å². The maximum absolute atomic E-state index is 11.8. The largest absolute Gasteiger partial charge is 0.385 e. The van der Waals surface area contributed by atoms with Gasteiger partial charge in [0.05, 0.1) is 0 Å². The molecule has 1 amide bonds. The smallest absolute Gasteiger partial charge is 0.251 e. The van der Waals surface area contributed by atoms with Crippen molar-refractivity contribution in [2.45, 2.75) is 26.7 Å². The molecule has 0 aromatic heterocycles. The van der Waals surface area contributed by atoms with Crippen LogP contribution in [0.15, 0.2) is 18.2 Å². The molecule has 20 heavy (non-hydrogen) atoms. The molecule has 1 aromatic carbocycles. The summed E-state index contributed by atoms with van der Waals surface area (Å²) in [6.45, 7) is 7.35. The van der Waals surface area contributed by atoms with Gasteiger partial charge >= 0.3 is 0 Å². The number of ether oxygens (including phenoxy) is 1. The molecule has 0 aliphatic carbocycles. The molecule has 1 aromatic rings. The van der Waals surface area contributed by atoms with Gasteiger partial charge in [-0.15, -0.1) is 0 Å². The van der Waals surface area contributed by atoms with Gasteiger partial charge in [-0.25, -0.2) is 0 Å². The van der Waals surface area contributed by atoms with Crippen molar-refractivity contribution in [1.29, 1.82) is 0 Å². The predicted molar refractivity (Wildman–Crippen MR) is 81.2 cm³/mol. The lowest BCUT2D eigenvalue weighted by molar-refractivity contribution is 0.0699. The topological polar surface area (TPSA) is 50.4 Å². The Hall–Kier alpha value is -1.55. The molecule has 2 rings (SSSR count). The molecule has 110 valence electrons. The van der Waals surface area contributed by atoms with Crippen LogP contribution >= 0.6 is 0 Å². The Kier molecular flexibility index (Phi) is 5.41. The van der Waals surface area contributed by atoms with Crippen molar-refractivity contribution in [2.75, 3.05) is 31.6 Å². The molecule has 4 heteroatoms. The van der Waals surface area contributed by atoms with Gasteiger partial charge in [-0.3, -0.25) is 4.79 Å². The second kappa shape index (κ2) is 7.29. The Balaban J connectivity index is 1.93. The molecule has 1 aliphatic heterocycles. The van der Waals surface area contributed by atoms with Crippen molar-refractivity contribution in [3.05, 3.63) is 29.3 Å².